The second kappa shape index (κ2) is 8.64. The molecule has 0 saturated heterocycles. The molecule has 128 valence electrons. The van der Waals surface area contributed by atoms with Crippen molar-refractivity contribution >= 4 is 17.8 Å². The molecule has 4 nitrogen and oxygen atoms in total. The summed E-state index contributed by atoms with van der Waals surface area (Å²) in [5, 5.41) is 0. The van der Waals surface area contributed by atoms with Gasteiger partial charge in [-0.25, -0.2) is 4.79 Å². The SMILES string of the molecule is C=CC(=O)Oc1cc(OC)ccc1C=CC(=O)c1ccc(CC)cc1. The largest absolute Gasteiger partial charge is 0.497 e. The van der Waals surface area contributed by atoms with Crippen LogP contribution in [0.15, 0.2) is 61.2 Å². The van der Waals surface area contributed by atoms with Crippen molar-refractivity contribution in [3.63, 3.8) is 0 Å². The van der Waals surface area contributed by atoms with E-state index in [1.165, 1.54) is 18.7 Å². The van der Waals surface area contributed by atoms with Gasteiger partial charge in [-0.1, -0.05) is 37.8 Å². The lowest BCUT2D eigenvalue weighted by Crippen LogP contribution is -2.04. The molecule has 2 rings (SSSR count). The Morgan fingerprint density at radius 2 is 1.84 bits per heavy atom. The van der Waals surface area contributed by atoms with E-state index in [9.17, 15) is 9.59 Å². The number of hydrogen-bond donors (Lipinski definition) is 0. The highest BCUT2D eigenvalue weighted by Crippen LogP contribution is 2.26. The van der Waals surface area contributed by atoms with Crippen LogP contribution >= 0.6 is 0 Å². The Balaban J connectivity index is 2.24. The molecule has 0 bridgehead atoms. The summed E-state index contributed by atoms with van der Waals surface area (Å²) in [4.78, 5) is 23.8. The smallest absolute Gasteiger partial charge is 0.335 e. The number of aryl methyl sites for hydroxylation is 1. The van der Waals surface area contributed by atoms with Gasteiger partial charge in [0.25, 0.3) is 0 Å². The number of carbonyl (C=O) groups excluding carboxylic acids is 2. The van der Waals surface area contributed by atoms with E-state index in [1.807, 2.05) is 12.1 Å². The summed E-state index contributed by atoms with van der Waals surface area (Å²) in [6.07, 6.45) is 5.07. The molecule has 0 amide bonds. The lowest BCUT2D eigenvalue weighted by atomic mass is 10.1. The molecule has 2 aromatic rings. The zero-order valence-electron chi connectivity index (χ0n) is 14.3. The Morgan fingerprint density at radius 3 is 2.44 bits per heavy atom. The van der Waals surface area contributed by atoms with Crippen LogP contribution in [0.2, 0.25) is 0 Å². The van der Waals surface area contributed by atoms with Crippen molar-refractivity contribution in [1.82, 2.24) is 0 Å². The highest BCUT2D eigenvalue weighted by molar-refractivity contribution is 6.07. The van der Waals surface area contributed by atoms with Gasteiger partial charge in [0.15, 0.2) is 5.78 Å². The van der Waals surface area contributed by atoms with Gasteiger partial charge in [0.05, 0.1) is 7.11 Å². The van der Waals surface area contributed by atoms with Crippen LogP contribution in [0, 0.1) is 0 Å². The van der Waals surface area contributed by atoms with Crippen LogP contribution in [0.25, 0.3) is 6.08 Å². The van der Waals surface area contributed by atoms with Gasteiger partial charge in [-0.2, -0.15) is 0 Å². The minimum Gasteiger partial charge on any atom is -0.497 e. The molecule has 0 aliphatic rings. The van der Waals surface area contributed by atoms with Crippen LogP contribution in [0.3, 0.4) is 0 Å². The summed E-state index contributed by atoms with van der Waals surface area (Å²) < 4.78 is 10.3. The summed E-state index contributed by atoms with van der Waals surface area (Å²) in [6, 6.07) is 12.5. The number of carbonyl (C=O) groups is 2. The number of hydrogen-bond acceptors (Lipinski definition) is 4. The molecule has 0 aliphatic heterocycles. The van der Waals surface area contributed by atoms with Crippen LogP contribution in [0.1, 0.15) is 28.4 Å². The number of benzene rings is 2. The van der Waals surface area contributed by atoms with Crippen LogP contribution in [-0.4, -0.2) is 18.9 Å². The quantitative estimate of drug-likeness (QED) is 0.328. The van der Waals surface area contributed by atoms with Gasteiger partial charge in [0, 0.05) is 23.3 Å². The van der Waals surface area contributed by atoms with Crippen molar-refractivity contribution in [2.45, 2.75) is 13.3 Å². The zero-order chi connectivity index (χ0) is 18.2. The Labute approximate surface area is 147 Å². The molecular formula is C21H20O4. The third-order valence-electron chi connectivity index (χ3n) is 3.66. The number of esters is 1. The zero-order valence-corrected chi connectivity index (χ0v) is 14.3. The highest BCUT2D eigenvalue weighted by atomic mass is 16.5. The van der Waals surface area contributed by atoms with Crippen molar-refractivity contribution in [2.75, 3.05) is 7.11 Å². The molecule has 0 heterocycles. The Bertz CT molecular complexity index is 801. The first-order chi connectivity index (χ1) is 12.1. The maximum absolute atomic E-state index is 12.3. The van der Waals surface area contributed by atoms with E-state index in [-0.39, 0.29) is 5.78 Å². The van der Waals surface area contributed by atoms with Gasteiger partial charge < -0.3 is 9.47 Å². The van der Waals surface area contributed by atoms with Crippen molar-refractivity contribution in [1.29, 1.82) is 0 Å². The molecule has 0 spiro atoms. The van der Waals surface area contributed by atoms with E-state index in [0.29, 0.717) is 22.6 Å². The Hall–Kier alpha value is -3.14. The van der Waals surface area contributed by atoms with Gasteiger partial charge in [-0.15, -0.1) is 0 Å². The first-order valence-corrected chi connectivity index (χ1v) is 7.91. The summed E-state index contributed by atoms with van der Waals surface area (Å²) in [7, 11) is 1.52. The molecule has 0 aromatic heterocycles. The molecule has 0 atom stereocenters. The maximum Gasteiger partial charge on any atom is 0.335 e. The van der Waals surface area contributed by atoms with Crippen molar-refractivity contribution in [2.24, 2.45) is 0 Å². The van der Waals surface area contributed by atoms with Gasteiger partial charge >= 0.3 is 5.97 Å². The van der Waals surface area contributed by atoms with E-state index in [1.54, 1.807) is 36.4 Å². The third-order valence-corrected chi connectivity index (χ3v) is 3.66. The number of allylic oxidation sites excluding steroid dienone is 1. The van der Waals surface area contributed by atoms with Crippen molar-refractivity contribution in [3.05, 3.63) is 77.9 Å². The number of methoxy groups -OCH3 is 1. The molecule has 4 heteroatoms. The van der Waals surface area contributed by atoms with Gasteiger partial charge in [0.2, 0.25) is 0 Å². The molecule has 0 radical (unpaired) electrons. The average molecular weight is 336 g/mol. The summed E-state index contributed by atoms with van der Waals surface area (Å²) >= 11 is 0. The summed E-state index contributed by atoms with van der Waals surface area (Å²) in [6.45, 7) is 5.44. The number of ether oxygens (including phenoxy) is 2. The fourth-order valence-electron chi connectivity index (χ4n) is 2.18. The molecule has 2 aromatic carbocycles. The molecule has 0 saturated carbocycles. The lowest BCUT2D eigenvalue weighted by Gasteiger charge is -2.08. The van der Waals surface area contributed by atoms with Crippen LogP contribution in [-0.2, 0) is 11.2 Å². The Morgan fingerprint density at radius 1 is 1.12 bits per heavy atom. The summed E-state index contributed by atoms with van der Waals surface area (Å²) in [5.41, 5.74) is 2.37. The van der Waals surface area contributed by atoms with Crippen molar-refractivity contribution in [3.8, 4) is 11.5 Å². The monoisotopic (exact) mass is 336 g/mol. The predicted molar refractivity (Wildman–Crippen MR) is 98.0 cm³/mol. The molecule has 25 heavy (non-hydrogen) atoms. The van der Waals surface area contributed by atoms with Gasteiger partial charge in [-0.05, 0) is 36.3 Å². The summed E-state index contributed by atoms with van der Waals surface area (Å²) in [5.74, 6) is 0.143. The first-order valence-electron chi connectivity index (χ1n) is 7.91. The lowest BCUT2D eigenvalue weighted by molar-refractivity contribution is -0.128. The molecule has 0 fully saturated rings. The molecular weight excluding hydrogens is 316 g/mol. The van der Waals surface area contributed by atoms with Crippen molar-refractivity contribution < 1.29 is 19.1 Å². The van der Waals surface area contributed by atoms with E-state index in [4.69, 9.17) is 9.47 Å². The van der Waals surface area contributed by atoms with Crippen LogP contribution in [0.4, 0.5) is 0 Å². The molecule has 0 N–H and O–H groups in total. The third kappa shape index (κ3) is 4.91. The van der Waals surface area contributed by atoms with E-state index in [0.717, 1.165) is 12.5 Å². The van der Waals surface area contributed by atoms with Gasteiger partial charge in [-0.3, -0.25) is 4.79 Å². The minimum absolute atomic E-state index is 0.125. The number of rotatable bonds is 7. The first kappa shape index (κ1) is 18.2. The van der Waals surface area contributed by atoms with Crippen LogP contribution < -0.4 is 9.47 Å². The second-order valence-electron chi connectivity index (χ2n) is 5.28. The highest BCUT2D eigenvalue weighted by Gasteiger charge is 2.08. The Kier molecular flexibility index (Phi) is 6.29. The fraction of sp³-hybridized carbons (Fsp3) is 0.143. The fourth-order valence-corrected chi connectivity index (χ4v) is 2.18. The molecule has 0 aliphatic carbocycles. The topological polar surface area (TPSA) is 52.6 Å². The van der Waals surface area contributed by atoms with E-state index >= 15 is 0 Å². The van der Waals surface area contributed by atoms with E-state index in [2.05, 4.69) is 13.5 Å². The standard InChI is InChI=1S/C21H20O4/c1-4-15-6-8-16(9-7-15)19(22)13-11-17-10-12-18(24-3)14-20(17)25-21(23)5-2/h5-14H,2,4H2,1,3H3. The minimum atomic E-state index is -0.579. The predicted octanol–water partition coefficient (Wildman–Crippen LogP) is 4.25. The normalized spacial score (nSPS) is 10.5. The van der Waals surface area contributed by atoms with E-state index < -0.39 is 5.97 Å². The maximum atomic E-state index is 12.3. The molecule has 0 unspecified atom stereocenters. The van der Waals surface area contributed by atoms with Crippen LogP contribution in [0.5, 0.6) is 11.5 Å². The number of ketones is 1. The van der Waals surface area contributed by atoms with Gasteiger partial charge in [0.1, 0.15) is 11.5 Å². The second-order valence-corrected chi connectivity index (χ2v) is 5.28. The average Bonchev–Trinajstić information content (AvgIpc) is 2.66.